The molecule has 0 saturated carbocycles. The molecule has 1 unspecified atom stereocenters. The monoisotopic (exact) mass is 854 g/mol. The fraction of sp³-hybridized carbons (Fsp3) is 0.432. The number of nitrogens with zero attached hydrogens (tertiary/aromatic N) is 7. The topological polar surface area (TPSA) is 141 Å². The quantitative estimate of drug-likeness (QED) is 0.231. The summed E-state index contributed by atoms with van der Waals surface area (Å²) in [5.41, 5.74) is 0.206. The fourth-order valence-corrected chi connectivity index (χ4v) is 9.75. The number of amides is 5. The first kappa shape index (κ1) is 42.0. The van der Waals surface area contributed by atoms with Crippen LogP contribution in [0.1, 0.15) is 76.9 Å². The van der Waals surface area contributed by atoms with Crippen LogP contribution in [0.25, 0.3) is 0 Å². The lowest BCUT2D eigenvalue weighted by Gasteiger charge is -2.39. The highest BCUT2D eigenvalue weighted by Gasteiger charge is 2.51. The minimum Gasteiger partial charge on any atom is -0.371 e. The SMILES string of the molecule is CC1(C)C(=O)N(c2ccc(C#N)c(C(F)(F)F)c2)C(=S)N1c1ccccc1CCN1CCN(CC2CCN(c3ccc4c(c3)C(=O)N(C3CCC(=O)NC3=O)C4=O)CC2)CC1. The second-order valence-electron chi connectivity index (χ2n) is 16.8. The number of carbonyl (C=O) groups is 5. The molecule has 3 aromatic rings. The van der Waals surface area contributed by atoms with Crippen molar-refractivity contribution in [3.8, 4) is 6.07 Å². The largest absolute Gasteiger partial charge is 0.417 e. The highest BCUT2D eigenvalue weighted by Crippen LogP contribution is 2.41. The van der Waals surface area contributed by atoms with Crippen molar-refractivity contribution in [2.24, 2.45) is 5.92 Å². The van der Waals surface area contributed by atoms with E-state index < -0.39 is 58.4 Å². The smallest absolute Gasteiger partial charge is 0.371 e. The Morgan fingerprint density at radius 2 is 1.51 bits per heavy atom. The van der Waals surface area contributed by atoms with Crippen LogP contribution in [-0.4, -0.2) is 113 Å². The number of nitriles is 1. The summed E-state index contributed by atoms with van der Waals surface area (Å²) in [6.45, 7) is 10.4. The highest BCUT2D eigenvalue weighted by atomic mass is 32.1. The minimum absolute atomic E-state index is 0.0464. The van der Waals surface area contributed by atoms with Crippen molar-refractivity contribution in [2.75, 3.05) is 67.1 Å². The van der Waals surface area contributed by atoms with Gasteiger partial charge in [0.2, 0.25) is 11.8 Å². The number of piperazine rings is 1. The molecular formula is C44H45F3N8O5S. The Labute approximate surface area is 356 Å². The molecule has 13 nitrogen and oxygen atoms in total. The molecule has 4 fully saturated rings. The van der Waals surface area contributed by atoms with Gasteiger partial charge in [0.1, 0.15) is 11.6 Å². The number of carbonyl (C=O) groups excluding carboxylic acids is 5. The van der Waals surface area contributed by atoms with Gasteiger partial charge in [-0.25, -0.2) is 0 Å². The molecule has 5 aliphatic heterocycles. The molecule has 8 rings (SSSR count). The molecule has 0 aliphatic carbocycles. The number of hydrogen-bond acceptors (Lipinski definition) is 10. The van der Waals surface area contributed by atoms with Crippen molar-refractivity contribution in [2.45, 2.75) is 63.7 Å². The van der Waals surface area contributed by atoms with Gasteiger partial charge in [0.15, 0.2) is 5.11 Å². The first-order chi connectivity index (χ1) is 29.1. The van der Waals surface area contributed by atoms with E-state index in [1.165, 1.54) is 6.07 Å². The predicted octanol–water partition coefficient (Wildman–Crippen LogP) is 4.97. The minimum atomic E-state index is -4.79. The van der Waals surface area contributed by atoms with Gasteiger partial charge in [-0.3, -0.25) is 39.1 Å². The molecule has 1 atom stereocenters. The van der Waals surface area contributed by atoms with E-state index in [1.807, 2.05) is 30.3 Å². The van der Waals surface area contributed by atoms with Gasteiger partial charge in [0, 0.05) is 70.2 Å². The second kappa shape index (κ2) is 16.3. The number of nitrogens with one attached hydrogen (secondary N) is 1. The number of hydrogen-bond donors (Lipinski definition) is 1. The molecule has 17 heteroatoms. The molecule has 0 radical (unpaired) electrons. The zero-order valence-electron chi connectivity index (χ0n) is 33.8. The maximum absolute atomic E-state index is 13.9. The van der Waals surface area contributed by atoms with E-state index in [0.29, 0.717) is 12.3 Å². The molecular weight excluding hydrogens is 810 g/mol. The average molecular weight is 855 g/mol. The van der Waals surface area contributed by atoms with E-state index in [2.05, 4.69) is 20.0 Å². The number of fused-ring (bicyclic) bond motifs is 1. The molecule has 5 amide bonds. The van der Waals surface area contributed by atoms with Gasteiger partial charge in [-0.15, -0.1) is 0 Å². The van der Waals surface area contributed by atoms with Crippen molar-refractivity contribution < 1.29 is 37.1 Å². The summed E-state index contributed by atoms with van der Waals surface area (Å²) in [7, 11) is 0. The van der Waals surface area contributed by atoms with Crippen LogP contribution >= 0.6 is 12.2 Å². The first-order valence-corrected chi connectivity index (χ1v) is 20.9. The lowest BCUT2D eigenvalue weighted by atomic mass is 9.95. The number of halogens is 3. The van der Waals surface area contributed by atoms with Crippen molar-refractivity contribution >= 4 is 63.9 Å². The van der Waals surface area contributed by atoms with Gasteiger partial charge in [-0.2, -0.15) is 18.4 Å². The molecule has 3 aromatic carbocycles. The molecule has 0 aromatic heterocycles. The molecule has 0 spiro atoms. The Hall–Kier alpha value is -5.70. The molecule has 1 N–H and O–H groups in total. The Bertz CT molecular complexity index is 2370. The number of imide groups is 2. The zero-order chi connectivity index (χ0) is 43.4. The van der Waals surface area contributed by atoms with E-state index >= 15 is 0 Å². The van der Waals surface area contributed by atoms with E-state index in [-0.39, 0.29) is 34.8 Å². The number of benzene rings is 3. The number of anilines is 3. The highest BCUT2D eigenvalue weighted by molar-refractivity contribution is 7.81. The van der Waals surface area contributed by atoms with E-state index in [9.17, 15) is 42.4 Å². The summed E-state index contributed by atoms with van der Waals surface area (Å²) in [6, 6.07) is 16.7. The van der Waals surface area contributed by atoms with Gasteiger partial charge in [0.25, 0.3) is 17.7 Å². The number of rotatable bonds is 9. The van der Waals surface area contributed by atoms with Gasteiger partial charge in [0.05, 0.1) is 34.0 Å². The van der Waals surface area contributed by atoms with Gasteiger partial charge >= 0.3 is 6.18 Å². The van der Waals surface area contributed by atoms with Crippen LogP contribution in [0.15, 0.2) is 60.7 Å². The van der Waals surface area contributed by atoms with Crippen LogP contribution in [0.2, 0.25) is 0 Å². The number of para-hydroxylation sites is 1. The van der Waals surface area contributed by atoms with E-state index in [1.54, 1.807) is 36.9 Å². The van der Waals surface area contributed by atoms with Crippen LogP contribution in [-0.2, 0) is 27.0 Å². The Morgan fingerprint density at radius 3 is 2.20 bits per heavy atom. The molecule has 5 aliphatic rings. The lowest BCUT2D eigenvalue weighted by molar-refractivity contribution is -0.138. The second-order valence-corrected chi connectivity index (χ2v) is 17.2. The molecule has 0 bridgehead atoms. The third-order valence-corrected chi connectivity index (χ3v) is 13.0. The molecule has 5 heterocycles. The van der Waals surface area contributed by atoms with E-state index in [0.717, 1.165) is 104 Å². The molecule has 318 valence electrons. The summed E-state index contributed by atoms with van der Waals surface area (Å²) in [5.74, 6) is -2.02. The summed E-state index contributed by atoms with van der Waals surface area (Å²) < 4.78 is 41.6. The Morgan fingerprint density at radius 1 is 0.836 bits per heavy atom. The van der Waals surface area contributed by atoms with Gasteiger partial charge < -0.3 is 19.6 Å². The molecule has 61 heavy (non-hydrogen) atoms. The predicted molar refractivity (Wildman–Crippen MR) is 224 cm³/mol. The summed E-state index contributed by atoms with van der Waals surface area (Å²) in [6.07, 6.45) is -1.97. The molecule has 4 saturated heterocycles. The Balaban J connectivity index is 0.836. The maximum atomic E-state index is 13.9. The van der Waals surface area contributed by atoms with Crippen molar-refractivity contribution in [3.63, 3.8) is 0 Å². The first-order valence-electron chi connectivity index (χ1n) is 20.5. The Kier molecular flexibility index (Phi) is 11.2. The standard InChI is InChI=1S/C44H45F3N8O5S/c1-43(2)41(60)53(31-8-7-29(25-48)34(24-31)44(45,46)47)42(61)55(43)35-6-4-3-5-28(35)15-16-50-19-21-51(22-20-50)26-27-13-17-52(18-14-27)30-9-10-32-33(23-30)40(59)54(39(32)58)36-11-12-37(56)49-38(36)57/h3-10,23-24,27,36H,11-22,26H2,1-2H3,(H,49,56,57). The average Bonchev–Trinajstić information content (AvgIpc) is 3.58. The van der Waals surface area contributed by atoms with Crippen LogP contribution < -0.4 is 20.0 Å². The summed E-state index contributed by atoms with van der Waals surface area (Å²) in [5, 5.41) is 11.6. The lowest BCUT2D eigenvalue weighted by Crippen LogP contribution is -2.54. The van der Waals surface area contributed by atoms with Crippen LogP contribution in [0.5, 0.6) is 0 Å². The van der Waals surface area contributed by atoms with Gasteiger partial charge in [-0.05, 0) is 106 Å². The van der Waals surface area contributed by atoms with Crippen LogP contribution in [0.3, 0.4) is 0 Å². The van der Waals surface area contributed by atoms with E-state index in [4.69, 9.17) is 12.2 Å². The van der Waals surface area contributed by atoms with Gasteiger partial charge in [-0.1, -0.05) is 18.2 Å². The van der Waals surface area contributed by atoms with Crippen molar-refractivity contribution in [1.82, 2.24) is 20.0 Å². The summed E-state index contributed by atoms with van der Waals surface area (Å²) >= 11 is 5.81. The number of alkyl halides is 3. The number of thiocarbonyl (C=S) groups is 1. The summed E-state index contributed by atoms with van der Waals surface area (Å²) in [4.78, 5) is 75.4. The normalized spacial score (nSPS) is 21.7. The van der Waals surface area contributed by atoms with Crippen LogP contribution in [0.4, 0.5) is 30.2 Å². The third-order valence-electron chi connectivity index (χ3n) is 12.7. The third kappa shape index (κ3) is 7.88. The zero-order valence-corrected chi connectivity index (χ0v) is 34.7. The van der Waals surface area contributed by atoms with Crippen molar-refractivity contribution in [3.05, 3.63) is 88.5 Å². The maximum Gasteiger partial charge on any atom is 0.417 e. The number of piperidine rings is 2. The van der Waals surface area contributed by atoms with Crippen molar-refractivity contribution in [1.29, 1.82) is 5.26 Å². The fourth-order valence-electron chi connectivity index (χ4n) is 9.24. The van der Waals surface area contributed by atoms with Crippen LogP contribution in [0, 0.1) is 17.2 Å².